The molecule has 3 aromatic rings. The van der Waals surface area contributed by atoms with Crippen LogP contribution in [0.25, 0.3) is 5.65 Å². The average molecular weight is 287 g/mol. The van der Waals surface area contributed by atoms with E-state index in [1.807, 2.05) is 16.7 Å². The number of hydrogen-bond donors (Lipinski definition) is 0. The van der Waals surface area contributed by atoms with Crippen LogP contribution >= 0.6 is 11.6 Å². The van der Waals surface area contributed by atoms with E-state index in [-0.39, 0.29) is 0 Å². The molecule has 100 valence electrons. The largest absolute Gasteiger partial charge is 0.487 e. The van der Waals surface area contributed by atoms with E-state index < -0.39 is 0 Å². The summed E-state index contributed by atoms with van der Waals surface area (Å²) in [4.78, 5) is 15.0. The summed E-state index contributed by atoms with van der Waals surface area (Å²) in [6.45, 7) is 0.361. The molecule has 4 nitrogen and oxygen atoms in total. The lowest BCUT2D eigenvalue weighted by atomic mass is 10.2. The Labute approximate surface area is 120 Å². The van der Waals surface area contributed by atoms with E-state index in [0.717, 1.165) is 17.6 Å². The van der Waals surface area contributed by atoms with Gasteiger partial charge in [-0.15, -0.1) is 0 Å². The van der Waals surface area contributed by atoms with Gasteiger partial charge in [-0.2, -0.15) is 0 Å². The lowest BCUT2D eigenvalue weighted by molar-refractivity contribution is 0.112. The summed E-state index contributed by atoms with van der Waals surface area (Å²) in [5.41, 5.74) is 2.26. The van der Waals surface area contributed by atoms with Crippen molar-refractivity contribution < 1.29 is 9.53 Å². The van der Waals surface area contributed by atoms with Crippen LogP contribution in [0.15, 0.2) is 48.8 Å². The van der Waals surface area contributed by atoms with E-state index in [1.165, 1.54) is 0 Å². The molecule has 0 saturated carbocycles. The minimum Gasteiger partial charge on any atom is -0.487 e. The Kier molecular flexibility index (Phi) is 3.39. The first-order valence-electron chi connectivity index (χ1n) is 6.06. The van der Waals surface area contributed by atoms with Crippen molar-refractivity contribution in [1.82, 2.24) is 9.38 Å². The Bertz CT molecular complexity index is 750. The Hall–Kier alpha value is -2.33. The number of imidazole rings is 1. The topological polar surface area (TPSA) is 43.6 Å². The second-order valence-corrected chi connectivity index (χ2v) is 4.76. The van der Waals surface area contributed by atoms with Crippen LogP contribution in [0, 0.1) is 0 Å². The van der Waals surface area contributed by atoms with Crippen molar-refractivity contribution in [2.45, 2.75) is 6.61 Å². The highest BCUT2D eigenvalue weighted by Crippen LogP contribution is 2.15. The zero-order valence-electron chi connectivity index (χ0n) is 10.5. The van der Waals surface area contributed by atoms with E-state index in [9.17, 15) is 4.79 Å². The van der Waals surface area contributed by atoms with Crippen molar-refractivity contribution in [3.05, 3.63) is 65.1 Å². The Morgan fingerprint density at radius 2 is 1.95 bits per heavy atom. The fourth-order valence-electron chi connectivity index (χ4n) is 1.89. The SMILES string of the molecule is O=Cc1ccc(OCc2cn3cc(Cl)ccc3n2)cc1. The fraction of sp³-hybridized carbons (Fsp3) is 0.0667. The van der Waals surface area contributed by atoms with Crippen LogP contribution in [0.5, 0.6) is 5.75 Å². The van der Waals surface area contributed by atoms with Crippen molar-refractivity contribution in [2.75, 3.05) is 0 Å². The van der Waals surface area contributed by atoms with E-state index in [0.29, 0.717) is 22.9 Å². The summed E-state index contributed by atoms with van der Waals surface area (Å²) in [5.74, 6) is 0.700. The number of aldehydes is 1. The van der Waals surface area contributed by atoms with Crippen molar-refractivity contribution in [3.8, 4) is 5.75 Å². The van der Waals surface area contributed by atoms with Gasteiger partial charge in [0, 0.05) is 18.0 Å². The minimum absolute atomic E-state index is 0.361. The first-order valence-corrected chi connectivity index (χ1v) is 6.43. The molecule has 2 heterocycles. The van der Waals surface area contributed by atoms with Gasteiger partial charge in [0.15, 0.2) is 0 Å². The fourth-order valence-corrected chi connectivity index (χ4v) is 2.05. The number of halogens is 1. The van der Waals surface area contributed by atoms with Gasteiger partial charge in [-0.25, -0.2) is 4.98 Å². The monoisotopic (exact) mass is 286 g/mol. The number of nitrogens with zero attached hydrogens (tertiary/aromatic N) is 2. The quantitative estimate of drug-likeness (QED) is 0.691. The average Bonchev–Trinajstić information content (AvgIpc) is 2.87. The number of aromatic nitrogens is 2. The molecule has 3 rings (SSSR count). The van der Waals surface area contributed by atoms with E-state index in [2.05, 4.69) is 4.98 Å². The molecular formula is C15H11ClN2O2. The number of pyridine rings is 1. The van der Waals surface area contributed by atoms with Crippen LogP contribution in [0.4, 0.5) is 0 Å². The molecule has 0 radical (unpaired) electrons. The zero-order valence-corrected chi connectivity index (χ0v) is 11.2. The van der Waals surface area contributed by atoms with Crippen LogP contribution in [-0.2, 0) is 6.61 Å². The van der Waals surface area contributed by atoms with Gasteiger partial charge < -0.3 is 9.14 Å². The smallest absolute Gasteiger partial charge is 0.150 e. The van der Waals surface area contributed by atoms with Gasteiger partial charge in [-0.05, 0) is 36.4 Å². The van der Waals surface area contributed by atoms with Crippen LogP contribution < -0.4 is 4.74 Å². The molecule has 0 fully saturated rings. The molecule has 2 aromatic heterocycles. The highest BCUT2D eigenvalue weighted by atomic mass is 35.5. The normalized spacial score (nSPS) is 10.7. The van der Waals surface area contributed by atoms with Gasteiger partial charge >= 0.3 is 0 Å². The molecule has 0 aliphatic rings. The maximum Gasteiger partial charge on any atom is 0.150 e. The lowest BCUT2D eigenvalue weighted by Gasteiger charge is -2.03. The first kappa shape index (κ1) is 12.7. The lowest BCUT2D eigenvalue weighted by Crippen LogP contribution is -1.95. The molecule has 0 unspecified atom stereocenters. The molecule has 5 heteroatoms. The predicted octanol–water partition coefficient (Wildman–Crippen LogP) is 3.38. The van der Waals surface area contributed by atoms with Crippen molar-refractivity contribution in [1.29, 1.82) is 0 Å². The van der Waals surface area contributed by atoms with Crippen LogP contribution in [-0.4, -0.2) is 15.7 Å². The third-order valence-electron chi connectivity index (χ3n) is 2.87. The number of ether oxygens (including phenoxy) is 1. The molecule has 0 saturated heterocycles. The Morgan fingerprint density at radius 1 is 1.15 bits per heavy atom. The van der Waals surface area contributed by atoms with Gasteiger partial charge in [0.2, 0.25) is 0 Å². The van der Waals surface area contributed by atoms with Crippen LogP contribution in [0.1, 0.15) is 16.1 Å². The number of carbonyl (C=O) groups is 1. The van der Waals surface area contributed by atoms with E-state index >= 15 is 0 Å². The van der Waals surface area contributed by atoms with Gasteiger partial charge in [-0.1, -0.05) is 11.6 Å². The summed E-state index contributed by atoms with van der Waals surface area (Å²) in [7, 11) is 0. The minimum atomic E-state index is 0.361. The molecule has 0 amide bonds. The molecule has 0 N–H and O–H groups in total. The third-order valence-corrected chi connectivity index (χ3v) is 3.09. The second-order valence-electron chi connectivity index (χ2n) is 4.32. The third kappa shape index (κ3) is 2.65. The van der Waals surface area contributed by atoms with Gasteiger partial charge in [-0.3, -0.25) is 4.79 Å². The number of carbonyl (C=O) groups excluding carboxylic acids is 1. The standard InChI is InChI=1S/C15H11ClN2O2/c16-12-3-6-15-17-13(8-18(15)7-12)10-20-14-4-1-11(9-19)2-5-14/h1-9H,10H2. The molecule has 1 aromatic carbocycles. The maximum atomic E-state index is 10.6. The molecular weight excluding hydrogens is 276 g/mol. The predicted molar refractivity (Wildman–Crippen MR) is 76.4 cm³/mol. The van der Waals surface area contributed by atoms with E-state index in [4.69, 9.17) is 16.3 Å². The van der Waals surface area contributed by atoms with Crippen LogP contribution in [0.3, 0.4) is 0 Å². The number of fused-ring (bicyclic) bond motifs is 1. The maximum absolute atomic E-state index is 10.6. The van der Waals surface area contributed by atoms with Gasteiger partial charge in [0.1, 0.15) is 24.3 Å². The second kappa shape index (κ2) is 5.35. The van der Waals surface area contributed by atoms with Gasteiger partial charge in [0.25, 0.3) is 0 Å². The molecule has 0 spiro atoms. The molecule has 20 heavy (non-hydrogen) atoms. The molecule has 0 atom stereocenters. The molecule has 0 aliphatic heterocycles. The van der Waals surface area contributed by atoms with Crippen molar-refractivity contribution in [2.24, 2.45) is 0 Å². The summed E-state index contributed by atoms with van der Waals surface area (Å²) in [6, 6.07) is 10.6. The first-order chi connectivity index (χ1) is 9.74. The summed E-state index contributed by atoms with van der Waals surface area (Å²) < 4.78 is 7.48. The van der Waals surface area contributed by atoms with Crippen LogP contribution in [0.2, 0.25) is 5.02 Å². The van der Waals surface area contributed by atoms with Crippen molar-refractivity contribution in [3.63, 3.8) is 0 Å². The summed E-state index contributed by atoms with van der Waals surface area (Å²) >= 11 is 5.92. The molecule has 0 bridgehead atoms. The highest BCUT2D eigenvalue weighted by Gasteiger charge is 2.03. The number of rotatable bonds is 4. The van der Waals surface area contributed by atoms with E-state index in [1.54, 1.807) is 36.5 Å². The number of hydrogen-bond acceptors (Lipinski definition) is 3. The van der Waals surface area contributed by atoms with Crippen molar-refractivity contribution >= 4 is 23.5 Å². The summed E-state index contributed by atoms with van der Waals surface area (Å²) in [6.07, 6.45) is 4.48. The highest BCUT2D eigenvalue weighted by molar-refractivity contribution is 6.30. The zero-order chi connectivity index (χ0) is 13.9. The Balaban J connectivity index is 1.74. The Morgan fingerprint density at radius 3 is 2.70 bits per heavy atom. The van der Waals surface area contributed by atoms with Gasteiger partial charge in [0.05, 0.1) is 10.7 Å². The summed E-state index contributed by atoms with van der Waals surface area (Å²) in [5, 5.41) is 0.659. The molecule has 0 aliphatic carbocycles. The number of benzene rings is 1.